The van der Waals surface area contributed by atoms with E-state index >= 15 is 0 Å². The van der Waals surface area contributed by atoms with Crippen LogP contribution in [0.3, 0.4) is 0 Å². The van der Waals surface area contributed by atoms with Gasteiger partial charge in [-0.25, -0.2) is 5.84 Å². The van der Waals surface area contributed by atoms with Gasteiger partial charge in [0.05, 0.1) is 6.04 Å². The van der Waals surface area contributed by atoms with Gasteiger partial charge < -0.3 is 9.73 Å². The summed E-state index contributed by atoms with van der Waals surface area (Å²) in [5.74, 6) is 4.46. The van der Waals surface area contributed by atoms with E-state index in [4.69, 9.17) is 10.3 Å². The van der Waals surface area contributed by atoms with Gasteiger partial charge in [0.1, 0.15) is 11.5 Å². The molecule has 1 aromatic heterocycles. The highest BCUT2D eigenvalue weighted by molar-refractivity contribution is 6.34. The molecule has 1 atom stereocenters. The quantitative estimate of drug-likeness (QED) is 0.272. The SMILES string of the molecule is Cc1ccc(C(C)NC(=O)C(=O)NN)o1. The van der Waals surface area contributed by atoms with E-state index in [1.807, 2.05) is 0 Å². The van der Waals surface area contributed by atoms with Gasteiger partial charge in [-0.1, -0.05) is 0 Å². The summed E-state index contributed by atoms with van der Waals surface area (Å²) in [6.07, 6.45) is 0. The lowest BCUT2D eigenvalue weighted by atomic mass is 10.2. The molecule has 15 heavy (non-hydrogen) atoms. The number of aryl methyl sites for hydroxylation is 1. The molecule has 0 radical (unpaired) electrons. The van der Waals surface area contributed by atoms with E-state index in [2.05, 4.69) is 5.32 Å². The maximum atomic E-state index is 11.1. The number of hydrazine groups is 1. The van der Waals surface area contributed by atoms with E-state index in [9.17, 15) is 9.59 Å². The second-order valence-electron chi connectivity index (χ2n) is 3.12. The first kappa shape index (κ1) is 11.3. The van der Waals surface area contributed by atoms with Crippen molar-refractivity contribution in [3.63, 3.8) is 0 Å². The van der Waals surface area contributed by atoms with Crippen molar-refractivity contribution in [2.75, 3.05) is 0 Å². The molecule has 0 aromatic carbocycles. The van der Waals surface area contributed by atoms with Crippen molar-refractivity contribution in [1.29, 1.82) is 0 Å². The van der Waals surface area contributed by atoms with Crippen LogP contribution >= 0.6 is 0 Å². The molecule has 0 aliphatic carbocycles. The highest BCUT2D eigenvalue weighted by Gasteiger charge is 2.17. The number of furan rings is 1. The van der Waals surface area contributed by atoms with E-state index in [-0.39, 0.29) is 6.04 Å². The number of hydrogen-bond acceptors (Lipinski definition) is 4. The highest BCUT2D eigenvalue weighted by Crippen LogP contribution is 2.14. The molecular weight excluding hydrogens is 198 g/mol. The molecule has 6 nitrogen and oxygen atoms in total. The Balaban J connectivity index is 2.60. The summed E-state index contributed by atoms with van der Waals surface area (Å²) in [4.78, 5) is 21.9. The van der Waals surface area contributed by atoms with Crippen LogP contribution in [0.4, 0.5) is 0 Å². The number of hydrogen-bond donors (Lipinski definition) is 3. The Morgan fingerprint density at radius 2 is 2.07 bits per heavy atom. The lowest BCUT2D eigenvalue weighted by Gasteiger charge is -2.09. The van der Waals surface area contributed by atoms with Crippen LogP contribution in [0.15, 0.2) is 16.5 Å². The number of carbonyl (C=O) groups is 2. The third-order valence-corrected chi connectivity index (χ3v) is 1.87. The first-order valence-electron chi connectivity index (χ1n) is 4.42. The van der Waals surface area contributed by atoms with Crippen molar-refractivity contribution < 1.29 is 14.0 Å². The van der Waals surface area contributed by atoms with Gasteiger partial charge in [-0.05, 0) is 26.0 Å². The van der Waals surface area contributed by atoms with Crippen LogP contribution in [0, 0.1) is 6.92 Å². The summed E-state index contributed by atoms with van der Waals surface area (Å²) >= 11 is 0. The first-order valence-corrected chi connectivity index (χ1v) is 4.42. The molecule has 0 saturated heterocycles. The van der Waals surface area contributed by atoms with Gasteiger partial charge in [-0.15, -0.1) is 0 Å². The molecule has 1 heterocycles. The average Bonchev–Trinajstić information content (AvgIpc) is 2.63. The minimum atomic E-state index is -0.884. The van der Waals surface area contributed by atoms with Gasteiger partial charge in [0.25, 0.3) is 0 Å². The normalized spacial score (nSPS) is 11.9. The Morgan fingerprint density at radius 3 is 2.53 bits per heavy atom. The molecule has 1 unspecified atom stereocenters. The maximum absolute atomic E-state index is 11.1. The van der Waals surface area contributed by atoms with Crippen LogP contribution in [0.1, 0.15) is 24.5 Å². The van der Waals surface area contributed by atoms with Crippen LogP contribution in [0.25, 0.3) is 0 Å². The fourth-order valence-corrected chi connectivity index (χ4v) is 1.09. The smallest absolute Gasteiger partial charge is 0.323 e. The van der Waals surface area contributed by atoms with Gasteiger partial charge in [0, 0.05) is 0 Å². The molecular formula is C9H13N3O3. The monoisotopic (exact) mass is 211 g/mol. The van der Waals surface area contributed by atoms with Crippen LogP contribution in [-0.4, -0.2) is 11.8 Å². The third-order valence-electron chi connectivity index (χ3n) is 1.87. The van der Waals surface area contributed by atoms with Crippen LogP contribution in [0.2, 0.25) is 0 Å². The zero-order valence-corrected chi connectivity index (χ0v) is 8.53. The van der Waals surface area contributed by atoms with Gasteiger partial charge >= 0.3 is 11.8 Å². The van der Waals surface area contributed by atoms with Crippen molar-refractivity contribution in [2.45, 2.75) is 19.9 Å². The molecule has 1 aromatic rings. The van der Waals surface area contributed by atoms with E-state index < -0.39 is 11.8 Å². The summed E-state index contributed by atoms with van der Waals surface area (Å²) in [6, 6.07) is 3.14. The van der Waals surface area contributed by atoms with E-state index in [0.29, 0.717) is 5.76 Å². The molecule has 0 spiro atoms. The summed E-state index contributed by atoms with van der Waals surface area (Å²) in [5, 5.41) is 2.44. The second-order valence-corrected chi connectivity index (χ2v) is 3.12. The van der Waals surface area contributed by atoms with Crippen LogP contribution in [0.5, 0.6) is 0 Å². The summed E-state index contributed by atoms with van der Waals surface area (Å²) in [7, 11) is 0. The highest BCUT2D eigenvalue weighted by atomic mass is 16.3. The molecule has 1 rings (SSSR count). The van der Waals surface area contributed by atoms with Gasteiger partial charge in [-0.2, -0.15) is 0 Å². The molecule has 6 heteroatoms. The Labute approximate surface area is 86.8 Å². The van der Waals surface area contributed by atoms with E-state index in [1.165, 1.54) is 0 Å². The number of rotatable bonds is 2. The zero-order chi connectivity index (χ0) is 11.4. The van der Waals surface area contributed by atoms with Crippen molar-refractivity contribution in [3.05, 3.63) is 23.7 Å². The maximum Gasteiger partial charge on any atom is 0.323 e. The van der Waals surface area contributed by atoms with E-state index in [0.717, 1.165) is 5.76 Å². The predicted molar refractivity (Wildman–Crippen MR) is 52.3 cm³/mol. The Bertz CT molecular complexity index is 372. The number of amides is 2. The molecule has 0 fully saturated rings. The molecule has 0 saturated carbocycles. The van der Waals surface area contributed by atoms with Crippen molar-refractivity contribution >= 4 is 11.8 Å². The molecule has 0 bridgehead atoms. The summed E-state index contributed by atoms with van der Waals surface area (Å²) < 4.78 is 5.28. The molecule has 4 N–H and O–H groups in total. The molecule has 2 amide bonds. The number of nitrogens with two attached hydrogens (primary N) is 1. The first-order chi connectivity index (χ1) is 7.04. The Morgan fingerprint density at radius 1 is 1.40 bits per heavy atom. The summed E-state index contributed by atoms with van der Waals surface area (Å²) in [6.45, 7) is 3.50. The third kappa shape index (κ3) is 2.81. The minimum absolute atomic E-state index is 0.372. The topological polar surface area (TPSA) is 97.4 Å². The largest absolute Gasteiger partial charge is 0.464 e. The summed E-state index contributed by atoms with van der Waals surface area (Å²) in [5.41, 5.74) is 1.75. The Hall–Kier alpha value is -1.82. The van der Waals surface area contributed by atoms with Crippen LogP contribution < -0.4 is 16.6 Å². The van der Waals surface area contributed by atoms with Gasteiger partial charge in [0.15, 0.2) is 0 Å². The van der Waals surface area contributed by atoms with Crippen molar-refractivity contribution in [2.24, 2.45) is 5.84 Å². The standard InChI is InChI=1S/C9H13N3O3/c1-5-3-4-7(15-5)6(2)11-8(13)9(14)12-10/h3-4,6H,10H2,1-2H3,(H,11,13)(H,12,14). The van der Waals surface area contributed by atoms with Gasteiger partial charge in [0.2, 0.25) is 0 Å². The predicted octanol–water partition coefficient (Wildman–Crippen LogP) is -0.245. The van der Waals surface area contributed by atoms with Gasteiger partial charge in [-0.3, -0.25) is 15.0 Å². The van der Waals surface area contributed by atoms with Crippen molar-refractivity contribution in [3.8, 4) is 0 Å². The fourth-order valence-electron chi connectivity index (χ4n) is 1.09. The van der Waals surface area contributed by atoms with Crippen molar-refractivity contribution in [1.82, 2.24) is 10.7 Å². The number of nitrogens with one attached hydrogen (secondary N) is 2. The lowest BCUT2D eigenvalue weighted by Crippen LogP contribution is -2.43. The minimum Gasteiger partial charge on any atom is -0.464 e. The molecule has 0 aliphatic heterocycles. The van der Waals surface area contributed by atoms with E-state index in [1.54, 1.807) is 31.4 Å². The average molecular weight is 211 g/mol. The van der Waals surface area contributed by atoms with Crippen LogP contribution in [-0.2, 0) is 9.59 Å². The molecule has 82 valence electrons. The zero-order valence-electron chi connectivity index (χ0n) is 8.53. The number of carbonyl (C=O) groups excluding carboxylic acids is 2. The molecule has 0 aliphatic rings. The second kappa shape index (κ2) is 4.61. The Kier molecular flexibility index (Phi) is 3.46. The fraction of sp³-hybridized carbons (Fsp3) is 0.333. The lowest BCUT2D eigenvalue weighted by molar-refractivity contribution is -0.139.